The van der Waals surface area contributed by atoms with E-state index in [0.29, 0.717) is 6.04 Å². The van der Waals surface area contributed by atoms with E-state index in [9.17, 15) is 4.79 Å². The Morgan fingerprint density at radius 2 is 2.12 bits per heavy atom. The molecule has 0 rings (SSSR count). The highest BCUT2D eigenvalue weighted by atomic mass is 32.2. The van der Waals surface area contributed by atoms with Gasteiger partial charge in [-0.2, -0.15) is 11.8 Å². The maximum atomic E-state index is 11.5. The van der Waals surface area contributed by atoms with Gasteiger partial charge in [0.1, 0.15) is 6.04 Å². The molecule has 2 atom stereocenters. The van der Waals surface area contributed by atoms with Crippen LogP contribution in [0, 0.1) is 0 Å². The Balaban J connectivity index is 4.03. The van der Waals surface area contributed by atoms with Crippen molar-refractivity contribution in [3.8, 4) is 0 Å². The summed E-state index contributed by atoms with van der Waals surface area (Å²) < 4.78 is 4.81. The van der Waals surface area contributed by atoms with Crippen molar-refractivity contribution in [1.82, 2.24) is 5.32 Å². The number of methoxy groups -OCH3 is 1. The molecule has 0 spiro atoms. The molecule has 0 aliphatic rings. The monoisotopic (exact) mass is 247 g/mol. The van der Waals surface area contributed by atoms with Gasteiger partial charge in [0.2, 0.25) is 0 Å². The van der Waals surface area contributed by atoms with Gasteiger partial charge >= 0.3 is 5.97 Å². The second-order valence-electron chi connectivity index (χ2n) is 3.95. The molecule has 0 bridgehead atoms. The summed E-state index contributed by atoms with van der Waals surface area (Å²) >= 11 is 1.89. The quantitative estimate of drug-likeness (QED) is 0.635. The Labute approximate surface area is 104 Å². The van der Waals surface area contributed by atoms with Crippen LogP contribution in [-0.2, 0) is 9.53 Å². The first-order valence-corrected chi connectivity index (χ1v) is 7.22. The van der Waals surface area contributed by atoms with Crippen LogP contribution in [0.1, 0.15) is 40.0 Å². The SMILES string of the molecule is CCCCC(NC(C)CSCC)C(=O)OC. The molecule has 96 valence electrons. The molecule has 0 amide bonds. The van der Waals surface area contributed by atoms with E-state index in [1.165, 1.54) is 7.11 Å². The average molecular weight is 247 g/mol. The number of carbonyl (C=O) groups is 1. The molecule has 0 aromatic heterocycles. The molecule has 0 heterocycles. The molecule has 2 unspecified atom stereocenters. The van der Waals surface area contributed by atoms with Crippen molar-refractivity contribution in [3.63, 3.8) is 0 Å². The highest BCUT2D eigenvalue weighted by Crippen LogP contribution is 2.07. The molecule has 3 nitrogen and oxygen atoms in total. The van der Waals surface area contributed by atoms with Gasteiger partial charge in [-0.05, 0) is 19.1 Å². The number of hydrogen-bond acceptors (Lipinski definition) is 4. The number of hydrogen-bond donors (Lipinski definition) is 1. The number of esters is 1. The summed E-state index contributed by atoms with van der Waals surface area (Å²) in [5.41, 5.74) is 0. The largest absolute Gasteiger partial charge is 0.468 e. The summed E-state index contributed by atoms with van der Waals surface area (Å²) in [6.45, 7) is 6.39. The first-order valence-electron chi connectivity index (χ1n) is 6.07. The second kappa shape index (κ2) is 9.97. The zero-order valence-corrected chi connectivity index (χ0v) is 11.7. The van der Waals surface area contributed by atoms with E-state index in [0.717, 1.165) is 30.8 Å². The van der Waals surface area contributed by atoms with E-state index < -0.39 is 0 Å². The maximum absolute atomic E-state index is 11.5. The first-order chi connectivity index (χ1) is 7.65. The third-order valence-corrected chi connectivity index (χ3v) is 3.53. The lowest BCUT2D eigenvalue weighted by Gasteiger charge is -2.21. The van der Waals surface area contributed by atoms with Crippen molar-refractivity contribution in [1.29, 1.82) is 0 Å². The molecule has 0 fully saturated rings. The molecule has 0 saturated carbocycles. The van der Waals surface area contributed by atoms with Crippen LogP contribution in [0.4, 0.5) is 0 Å². The highest BCUT2D eigenvalue weighted by molar-refractivity contribution is 7.99. The lowest BCUT2D eigenvalue weighted by Crippen LogP contribution is -2.43. The molecule has 1 N–H and O–H groups in total. The number of unbranched alkanes of at least 4 members (excludes halogenated alkanes) is 1. The summed E-state index contributed by atoms with van der Waals surface area (Å²) in [6.07, 6.45) is 3.03. The molecule has 0 aromatic carbocycles. The normalized spacial score (nSPS) is 14.5. The summed E-state index contributed by atoms with van der Waals surface area (Å²) in [5, 5.41) is 3.34. The Morgan fingerprint density at radius 3 is 2.62 bits per heavy atom. The van der Waals surface area contributed by atoms with Crippen molar-refractivity contribution in [2.45, 2.75) is 52.1 Å². The first kappa shape index (κ1) is 15.8. The zero-order valence-electron chi connectivity index (χ0n) is 10.9. The van der Waals surface area contributed by atoms with Crippen LogP contribution in [0.5, 0.6) is 0 Å². The predicted octanol–water partition coefficient (Wildman–Crippen LogP) is 2.45. The van der Waals surface area contributed by atoms with Crippen LogP contribution >= 0.6 is 11.8 Å². The number of ether oxygens (including phenoxy) is 1. The number of rotatable bonds is 9. The van der Waals surface area contributed by atoms with Crippen molar-refractivity contribution < 1.29 is 9.53 Å². The van der Waals surface area contributed by atoms with Gasteiger partial charge < -0.3 is 10.1 Å². The molecule has 0 saturated heterocycles. The molecule has 0 aliphatic carbocycles. The van der Waals surface area contributed by atoms with Gasteiger partial charge in [0.25, 0.3) is 0 Å². The number of carbonyl (C=O) groups excluding carboxylic acids is 1. The summed E-state index contributed by atoms with van der Waals surface area (Å²) in [4.78, 5) is 11.5. The lowest BCUT2D eigenvalue weighted by atomic mass is 10.1. The summed E-state index contributed by atoms with van der Waals surface area (Å²) in [7, 11) is 1.45. The summed E-state index contributed by atoms with van der Waals surface area (Å²) in [5.74, 6) is 2.02. The van der Waals surface area contributed by atoms with E-state index in [1.807, 2.05) is 11.8 Å². The average Bonchev–Trinajstić information content (AvgIpc) is 2.30. The second-order valence-corrected chi connectivity index (χ2v) is 5.26. The van der Waals surface area contributed by atoms with E-state index in [4.69, 9.17) is 4.74 Å². The minimum absolute atomic E-state index is 0.137. The van der Waals surface area contributed by atoms with Gasteiger partial charge in [-0.3, -0.25) is 4.79 Å². The summed E-state index contributed by atoms with van der Waals surface area (Å²) in [6, 6.07) is 0.211. The van der Waals surface area contributed by atoms with Crippen molar-refractivity contribution in [2.75, 3.05) is 18.6 Å². The van der Waals surface area contributed by atoms with Gasteiger partial charge in [0.05, 0.1) is 7.11 Å². The predicted molar refractivity (Wildman–Crippen MR) is 70.9 cm³/mol. The van der Waals surface area contributed by atoms with E-state index in [2.05, 4.69) is 26.1 Å². The minimum atomic E-state index is -0.141. The topological polar surface area (TPSA) is 38.3 Å². The van der Waals surface area contributed by atoms with Crippen molar-refractivity contribution in [3.05, 3.63) is 0 Å². The Morgan fingerprint density at radius 1 is 1.44 bits per heavy atom. The molecule has 0 aliphatic heterocycles. The fraction of sp³-hybridized carbons (Fsp3) is 0.917. The third kappa shape index (κ3) is 7.12. The number of thioether (sulfide) groups is 1. The third-order valence-electron chi connectivity index (χ3n) is 2.39. The van der Waals surface area contributed by atoms with Crippen molar-refractivity contribution >= 4 is 17.7 Å². The lowest BCUT2D eigenvalue weighted by molar-refractivity contribution is -0.143. The standard InChI is InChI=1S/C12H25NO2S/c1-5-7-8-11(12(14)15-4)13-10(3)9-16-6-2/h10-11,13H,5-9H2,1-4H3. The van der Waals surface area contributed by atoms with Crippen LogP contribution in [-0.4, -0.2) is 36.7 Å². The fourth-order valence-corrected chi connectivity index (χ4v) is 2.19. The van der Waals surface area contributed by atoms with Gasteiger partial charge in [0, 0.05) is 11.8 Å². The van der Waals surface area contributed by atoms with E-state index >= 15 is 0 Å². The molecule has 0 aromatic rings. The molecule has 4 heteroatoms. The Hall–Kier alpha value is -0.220. The highest BCUT2D eigenvalue weighted by Gasteiger charge is 2.19. The smallest absolute Gasteiger partial charge is 0.322 e. The fourth-order valence-electron chi connectivity index (χ4n) is 1.51. The number of nitrogens with one attached hydrogen (secondary N) is 1. The Bertz CT molecular complexity index is 188. The van der Waals surface area contributed by atoms with Crippen LogP contribution in [0.15, 0.2) is 0 Å². The minimum Gasteiger partial charge on any atom is -0.468 e. The van der Waals surface area contributed by atoms with E-state index in [-0.39, 0.29) is 12.0 Å². The van der Waals surface area contributed by atoms with Crippen LogP contribution in [0.3, 0.4) is 0 Å². The van der Waals surface area contributed by atoms with Gasteiger partial charge in [-0.25, -0.2) is 0 Å². The van der Waals surface area contributed by atoms with Gasteiger partial charge in [0.15, 0.2) is 0 Å². The van der Waals surface area contributed by atoms with Crippen LogP contribution in [0.25, 0.3) is 0 Å². The van der Waals surface area contributed by atoms with Crippen LogP contribution < -0.4 is 5.32 Å². The van der Waals surface area contributed by atoms with Gasteiger partial charge in [-0.15, -0.1) is 0 Å². The Kier molecular flexibility index (Phi) is 9.83. The van der Waals surface area contributed by atoms with E-state index in [1.54, 1.807) is 0 Å². The molecular formula is C12H25NO2S. The maximum Gasteiger partial charge on any atom is 0.322 e. The van der Waals surface area contributed by atoms with Gasteiger partial charge in [-0.1, -0.05) is 26.7 Å². The zero-order chi connectivity index (χ0) is 12.4. The molecule has 16 heavy (non-hydrogen) atoms. The van der Waals surface area contributed by atoms with Crippen molar-refractivity contribution in [2.24, 2.45) is 0 Å². The van der Waals surface area contributed by atoms with Crippen LogP contribution in [0.2, 0.25) is 0 Å². The molecular weight excluding hydrogens is 222 g/mol. The molecule has 0 radical (unpaired) electrons.